The Morgan fingerprint density at radius 2 is 1.80 bits per heavy atom. The van der Waals surface area contributed by atoms with Crippen molar-refractivity contribution < 1.29 is 4.79 Å². The van der Waals surface area contributed by atoms with Gasteiger partial charge in [0.2, 0.25) is 5.95 Å². The Morgan fingerprint density at radius 3 is 2.60 bits per heavy atom. The Bertz CT molecular complexity index is 727. The molecule has 0 aliphatic rings. The summed E-state index contributed by atoms with van der Waals surface area (Å²) in [6.45, 7) is 0. The van der Waals surface area contributed by atoms with Crippen LogP contribution in [-0.2, 0) is 4.79 Å². The van der Waals surface area contributed by atoms with E-state index < -0.39 is 0 Å². The van der Waals surface area contributed by atoms with Gasteiger partial charge in [0.15, 0.2) is 0 Å². The van der Waals surface area contributed by atoms with Crippen LogP contribution in [0.3, 0.4) is 0 Å². The number of anilines is 1. The van der Waals surface area contributed by atoms with Crippen LogP contribution in [0.2, 0.25) is 0 Å². The number of benzene rings is 2. The first-order valence-corrected chi connectivity index (χ1v) is 6.30. The predicted octanol–water partition coefficient (Wildman–Crippen LogP) is 3.21. The Morgan fingerprint density at radius 1 is 1.05 bits per heavy atom. The minimum Gasteiger partial charge on any atom is -0.324 e. The second-order valence-electron chi connectivity index (χ2n) is 4.34. The highest BCUT2D eigenvalue weighted by Gasteiger charge is 2.03. The van der Waals surface area contributed by atoms with Crippen LogP contribution in [0.1, 0.15) is 5.56 Å². The molecule has 0 aliphatic carbocycles. The predicted molar refractivity (Wildman–Crippen MR) is 80.2 cm³/mol. The highest BCUT2D eigenvalue weighted by atomic mass is 16.1. The number of rotatable bonds is 3. The van der Waals surface area contributed by atoms with Gasteiger partial charge in [-0.2, -0.15) is 0 Å². The average molecular weight is 263 g/mol. The maximum absolute atomic E-state index is 11.8. The van der Waals surface area contributed by atoms with Crippen LogP contribution >= 0.6 is 0 Å². The summed E-state index contributed by atoms with van der Waals surface area (Å²) in [5, 5.41) is 2.71. The van der Waals surface area contributed by atoms with E-state index in [2.05, 4.69) is 15.3 Å². The lowest BCUT2D eigenvalue weighted by Crippen LogP contribution is -2.08. The normalized spacial score (nSPS) is 11.0. The quantitative estimate of drug-likeness (QED) is 0.713. The first-order valence-electron chi connectivity index (χ1n) is 6.30. The van der Waals surface area contributed by atoms with E-state index in [4.69, 9.17) is 0 Å². The van der Waals surface area contributed by atoms with Gasteiger partial charge in [-0.15, -0.1) is 0 Å². The molecule has 98 valence electrons. The summed E-state index contributed by atoms with van der Waals surface area (Å²) in [4.78, 5) is 19.1. The molecule has 1 aromatic heterocycles. The lowest BCUT2D eigenvalue weighted by molar-refractivity contribution is -0.111. The van der Waals surface area contributed by atoms with Crippen molar-refractivity contribution in [1.82, 2.24) is 9.97 Å². The van der Waals surface area contributed by atoms with Crippen molar-refractivity contribution in [1.29, 1.82) is 0 Å². The smallest absolute Gasteiger partial charge is 0.250 e. The average Bonchev–Trinajstić information content (AvgIpc) is 2.88. The minimum absolute atomic E-state index is 0.215. The molecular formula is C16H13N3O. The van der Waals surface area contributed by atoms with Crippen molar-refractivity contribution in [2.45, 2.75) is 0 Å². The van der Waals surface area contributed by atoms with E-state index in [0.29, 0.717) is 5.95 Å². The van der Waals surface area contributed by atoms with Crippen molar-refractivity contribution in [3.63, 3.8) is 0 Å². The van der Waals surface area contributed by atoms with Crippen LogP contribution in [0, 0.1) is 0 Å². The standard InChI is InChI=1S/C16H13N3O/c20-15(11-10-12-6-2-1-3-7-12)19-16-17-13-8-4-5-9-14(13)18-16/h1-11H,(H2,17,18,19,20). The van der Waals surface area contributed by atoms with Gasteiger partial charge in [0, 0.05) is 6.08 Å². The van der Waals surface area contributed by atoms with Gasteiger partial charge >= 0.3 is 0 Å². The lowest BCUT2D eigenvalue weighted by atomic mass is 10.2. The van der Waals surface area contributed by atoms with Crippen molar-refractivity contribution >= 4 is 29.0 Å². The molecule has 2 N–H and O–H groups in total. The molecule has 0 spiro atoms. The van der Waals surface area contributed by atoms with E-state index in [1.54, 1.807) is 6.08 Å². The fourth-order valence-electron chi connectivity index (χ4n) is 1.91. The van der Waals surface area contributed by atoms with Gasteiger partial charge in [0.25, 0.3) is 5.91 Å². The van der Waals surface area contributed by atoms with E-state index in [0.717, 1.165) is 16.6 Å². The van der Waals surface area contributed by atoms with Gasteiger partial charge < -0.3 is 4.98 Å². The first kappa shape index (κ1) is 12.2. The van der Waals surface area contributed by atoms with Crippen LogP contribution in [-0.4, -0.2) is 15.9 Å². The van der Waals surface area contributed by atoms with Crippen LogP contribution in [0.15, 0.2) is 60.7 Å². The number of nitrogens with one attached hydrogen (secondary N) is 2. The van der Waals surface area contributed by atoms with E-state index in [-0.39, 0.29) is 5.91 Å². The fourth-order valence-corrected chi connectivity index (χ4v) is 1.91. The van der Waals surface area contributed by atoms with E-state index in [9.17, 15) is 4.79 Å². The number of H-pyrrole nitrogens is 1. The van der Waals surface area contributed by atoms with Crippen LogP contribution in [0.5, 0.6) is 0 Å². The van der Waals surface area contributed by atoms with Crippen LogP contribution in [0.4, 0.5) is 5.95 Å². The van der Waals surface area contributed by atoms with Crippen LogP contribution in [0.25, 0.3) is 17.1 Å². The third-order valence-corrected chi connectivity index (χ3v) is 2.86. The van der Waals surface area contributed by atoms with E-state index in [1.165, 1.54) is 6.08 Å². The van der Waals surface area contributed by atoms with Gasteiger partial charge in [-0.3, -0.25) is 10.1 Å². The van der Waals surface area contributed by atoms with Gasteiger partial charge in [0.1, 0.15) is 0 Å². The van der Waals surface area contributed by atoms with Crippen molar-refractivity contribution in [2.24, 2.45) is 0 Å². The molecule has 3 aromatic rings. The lowest BCUT2D eigenvalue weighted by Gasteiger charge is -1.96. The number of aromatic nitrogens is 2. The molecule has 20 heavy (non-hydrogen) atoms. The van der Waals surface area contributed by atoms with E-state index >= 15 is 0 Å². The number of carbonyl (C=O) groups excluding carboxylic acids is 1. The number of amides is 1. The molecule has 4 nitrogen and oxygen atoms in total. The zero-order chi connectivity index (χ0) is 13.8. The summed E-state index contributed by atoms with van der Waals surface area (Å²) in [6.07, 6.45) is 3.25. The molecule has 1 heterocycles. The number of imidazole rings is 1. The van der Waals surface area contributed by atoms with Crippen molar-refractivity contribution in [3.8, 4) is 0 Å². The molecule has 0 radical (unpaired) electrons. The number of para-hydroxylation sites is 2. The summed E-state index contributed by atoms with van der Waals surface area (Å²) < 4.78 is 0. The molecule has 0 aliphatic heterocycles. The SMILES string of the molecule is O=C(C=Cc1ccccc1)Nc1nc2ccccc2[nH]1. The molecule has 0 saturated heterocycles. The van der Waals surface area contributed by atoms with Gasteiger partial charge in [-0.25, -0.2) is 4.98 Å². The molecule has 0 saturated carbocycles. The number of carbonyl (C=O) groups is 1. The molecule has 1 amide bonds. The summed E-state index contributed by atoms with van der Waals surface area (Å²) >= 11 is 0. The highest BCUT2D eigenvalue weighted by Crippen LogP contribution is 2.13. The van der Waals surface area contributed by atoms with Crippen molar-refractivity contribution in [3.05, 3.63) is 66.2 Å². The minimum atomic E-state index is -0.215. The van der Waals surface area contributed by atoms with Crippen LogP contribution < -0.4 is 5.32 Å². The maximum atomic E-state index is 11.8. The summed E-state index contributed by atoms with van der Waals surface area (Å²) in [5.74, 6) is 0.238. The maximum Gasteiger partial charge on any atom is 0.250 e. The molecule has 0 atom stereocenters. The molecular weight excluding hydrogens is 250 g/mol. The second kappa shape index (κ2) is 5.40. The summed E-state index contributed by atoms with van der Waals surface area (Å²) in [7, 11) is 0. The fraction of sp³-hybridized carbons (Fsp3) is 0. The molecule has 0 unspecified atom stereocenters. The zero-order valence-electron chi connectivity index (χ0n) is 10.7. The third-order valence-electron chi connectivity index (χ3n) is 2.86. The Hall–Kier alpha value is -2.88. The zero-order valence-corrected chi connectivity index (χ0v) is 10.7. The van der Waals surface area contributed by atoms with Gasteiger partial charge in [-0.1, -0.05) is 42.5 Å². The number of fused-ring (bicyclic) bond motifs is 1. The Balaban J connectivity index is 1.71. The largest absolute Gasteiger partial charge is 0.324 e. The number of nitrogens with zero attached hydrogens (tertiary/aromatic N) is 1. The highest BCUT2D eigenvalue weighted by molar-refractivity contribution is 6.01. The molecule has 0 bridgehead atoms. The topological polar surface area (TPSA) is 57.8 Å². The van der Waals surface area contributed by atoms with Crippen molar-refractivity contribution in [2.75, 3.05) is 5.32 Å². The Kier molecular flexibility index (Phi) is 3.29. The number of aromatic amines is 1. The molecule has 4 heteroatoms. The second-order valence-corrected chi connectivity index (χ2v) is 4.34. The Labute approximate surface area is 116 Å². The van der Waals surface area contributed by atoms with Gasteiger partial charge in [-0.05, 0) is 23.8 Å². The summed E-state index contributed by atoms with van der Waals surface area (Å²) in [6, 6.07) is 17.3. The number of hydrogen-bond acceptors (Lipinski definition) is 2. The first-order chi connectivity index (χ1) is 9.81. The third kappa shape index (κ3) is 2.75. The van der Waals surface area contributed by atoms with E-state index in [1.807, 2.05) is 54.6 Å². The monoisotopic (exact) mass is 263 g/mol. The molecule has 3 rings (SSSR count). The molecule has 0 fully saturated rings. The molecule has 2 aromatic carbocycles. The summed E-state index contributed by atoms with van der Waals surface area (Å²) in [5.41, 5.74) is 2.71. The number of hydrogen-bond donors (Lipinski definition) is 2. The van der Waals surface area contributed by atoms with Gasteiger partial charge in [0.05, 0.1) is 11.0 Å².